The van der Waals surface area contributed by atoms with Crippen molar-refractivity contribution in [3.05, 3.63) is 46.3 Å². The number of nitrogens with zero attached hydrogens (tertiary/aromatic N) is 1. The van der Waals surface area contributed by atoms with Crippen molar-refractivity contribution < 1.29 is 27.5 Å². The van der Waals surface area contributed by atoms with Crippen molar-refractivity contribution in [3.8, 4) is 0 Å². The maximum absolute atomic E-state index is 13.0. The summed E-state index contributed by atoms with van der Waals surface area (Å²) < 4.78 is 31.5. The van der Waals surface area contributed by atoms with Crippen molar-refractivity contribution in [2.45, 2.75) is 23.8 Å². The molecule has 1 atom stereocenters. The molecule has 160 valence electrons. The van der Waals surface area contributed by atoms with Crippen LogP contribution in [0.15, 0.2) is 40.6 Å². The minimum Gasteiger partial charge on any atom is -0.453 e. The molecule has 0 aliphatic carbocycles. The minimum atomic E-state index is -3.90. The Morgan fingerprint density at radius 3 is 2.57 bits per heavy atom. The number of sulfonamides is 1. The lowest BCUT2D eigenvalue weighted by Crippen LogP contribution is -2.43. The highest BCUT2D eigenvalue weighted by Crippen LogP contribution is 2.29. The Kier molecular flexibility index (Phi) is 6.76. The van der Waals surface area contributed by atoms with E-state index >= 15 is 0 Å². The van der Waals surface area contributed by atoms with Gasteiger partial charge < -0.3 is 10.1 Å². The van der Waals surface area contributed by atoms with Gasteiger partial charge in [0.25, 0.3) is 5.91 Å². The van der Waals surface area contributed by atoms with Crippen molar-refractivity contribution in [1.29, 1.82) is 0 Å². The maximum Gasteiger partial charge on any atom is 0.413 e. The van der Waals surface area contributed by atoms with Gasteiger partial charge in [0.1, 0.15) is 11.0 Å². The molecule has 0 spiro atoms. The van der Waals surface area contributed by atoms with Gasteiger partial charge in [-0.25, -0.2) is 13.2 Å². The van der Waals surface area contributed by atoms with Crippen LogP contribution in [0.1, 0.15) is 23.2 Å². The number of halogens is 1. The lowest BCUT2D eigenvalue weighted by atomic mass is 10.2. The number of methoxy groups -OCH3 is 1. The Hall–Kier alpha value is -2.47. The molecule has 1 fully saturated rings. The fraction of sp³-hybridized carbons (Fsp3) is 0.278. The molecule has 1 saturated heterocycles. The summed E-state index contributed by atoms with van der Waals surface area (Å²) in [5, 5.41) is 6.80. The third-order valence-corrected chi connectivity index (χ3v) is 7.48. The van der Waals surface area contributed by atoms with Crippen molar-refractivity contribution in [2.75, 3.05) is 19.0 Å². The molecule has 0 radical (unpaired) electrons. The van der Waals surface area contributed by atoms with Gasteiger partial charge in [-0.2, -0.15) is 4.31 Å². The standard InChI is InChI=1S/C18H18ClN3O6S2/c1-28-18(25)21-15(23)13-8-10-29-17(13)20-16(24)14-3-2-9-22(14)30(26,27)12-6-4-11(19)5-7-12/h4-8,10,14H,2-3,9H2,1H3,(H,20,24)(H,21,23,25). The van der Waals surface area contributed by atoms with E-state index in [4.69, 9.17) is 11.6 Å². The number of ether oxygens (including phenoxy) is 1. The summed E-state index contributed by atoms with van der Waals surface area (Å²) in [5.74, 6) is -1.30. The van der Waals surface area contributed by atoms with Gasteiger partial charge in [-0.3, -0.25) is 14.9 Å². The molecule has 1 aromatic carbocycles. The molecule has 30 heavy (non-hydrogen) atoms. The zero-order chi connectivity index (χ0) is 21.9. The quantitative estimate of drug-likeness (QED) is 0.691. The normalized spacial score (nSPS) is 16.8. The van der Waals surface area contributed by atoms with Crippen LogP contribution in [-0.4, -0.2) is 50.3 Å². The zero-order valence-corrected chi connectivity index (χ0v) is 18.1. The van der Waals surface area contributed by atoms with Crippen molar-refractivity contribution in [3.63, 3.8) is 0 Å². The Balaban J connectivity index is 1.77. The molecule has 1 aromatic heterocycles. The predicted molar refractivity (Wildman–Crippen MR) is 111 cm³/mol. The van der Waals surface area contributed by atoms with Crippen LogP contribution in [0.5, 0.6) is 0 Å². The number of hydrogen-bond donors (Lipinski definition) is 2. The van der Waals surface area contributed by atoms with E-state index < -0.39 is 34.0 Å². The maximum atomic E-state index is 13.0. The lowest BCUT2D eigenvalue weighted by Gasteiger charge is -2.23. The number of benzene rings is 1. The van der Waals surface area contributed by atoms with E-state index in [2.05, 4.69) is 10.1 Å². The number of imide groups is 1. The third kappa shape index (κ3) is 4.64. The van der Waals surface area contributed by atoms with E-state index in [0.29, 0.717) is 17.9 Å². The van der Waals surface area contributed by atoms with E-state index in [0.717, 1.165) is 22.8 Å². The molecular formula is C18H18ClN3O6S2. The molecular weight excluding hydrogens is 454 g/mol. The second-order valence-electron chi connectivity index (χ2n) is 6.33. The number of alkyl carbamates (subject to hydrolysis) is 1. The largest absolute Gasteiger partial charge is 0.453 e. The number of carbonyl (C=O) groups is 3. The van der Waals surface area contributed by atoms with Crippen LogP contribution in [0.2, 0.25) is 5.02 Å². The van der Waals surface area contributed by atoms with E-state index in [-0.39, 0.29) is 22.0 Å². The first-order chi connectivity index (χ1) is 14.2. The van der Waals surface area contributed by atoms with Gasteiger partial charge in [0.15, 0.2) is 0 Å². The Bertz CT molecular complexity index is 1070. The highest BCUT2D eigenvalue weighted by molar-refractivity contribution is 7.89. The molecule has 0 bridgehead atoms. The first-order valence-corrected chi connectivity index (χ1v) is 11.5. The van der Waals surface area contributed by atoms with Gasteiger partial charge in [0, 0.05) is 11.6 Å². The molecule has 2 N–H and O–H groups in total. The van der Waals surface area contributed by atoms with Crippen LogP contribution < -0.4 is 10.6 Å². The summed E-state index contributed by atoms with van der Waals surface area (Å²) >= 11 is 6.91. The predicted octanol–water partition coefficient (Wildman–Crippen LogP) is 2.69. The number of anilines is 1. The SMILES string of the molecule is COC(=O)NC(=O)c1ccsc1NC(=O)C1CCCN1S(=O)(=O)c1ccc(Cl)cc1. The zero-order valence-electron chi connectivity index (χ0n) is 15.8. The number of carbonyl (C=O) groups excluding carboxylic acids is 3. The first kappa shape index (κ1) is 22.2. The molecule has 1 aliphatic rings. The summed E-state index contributed by atoms with van der Waals surface area (Å²) in [5.41, 5.74) is 0.0730. The first-order valence-electron chi connectivity index (χ1n) is 8.79. The summed E-state index contributed by atoms with van der Waals surface area (Å²) in [6, 6.07) is 6.23. The summed E-state index contributed by atoms with van der Waals surface area (Å²) in [6.45, 7) is 0.198. The van der Waals surface area contributed by atoms with Crippen LogP contribution in [0.4, 0.5) is 9.80 Å². The Morgan fingerprint density at radius 1 is 1.20 bits per heavy atom. The highest BCUT2D eigenvalue weighted by atomic mass is 35.5. The smallest absolute Gasteiger partial charge is 0.413 e. The molecule has 12 heteroatoms. The van der Waals surface area contributed by atoms with Crippen molar-refractivity contribution in [2.24, 2.45) is 0 Å². The number of thiophene rings is 1. The van der Waals surface area contributed by atoms with Gasteiger partial charge in [-0.15, -0.1) is 11.3 Å². The van der Waals surface area contributed by atoms with Crippen LogP contribution >= 0.6 is 22.9 Å². The second kappa shape index (κ2) is 9.13. The summed E-state index contributed by atoms with van der Waals surface area (Å²) in [6.07, 6.45) is -0.0711. The molecule has 3 rings (SSSR count). The molecule has 3 amide bonds. The number of amides is 3. The summed E-state index contributed by atoms with van der Waals surface area (Å²) in [4.78, 5) is 36.3. The van der Waals surface area contributed by atoms with E-state index in [9.17, 15) is 22.8 Å². The van der Waals surface area contributed by atoms with Crippen LogP contribution in [0.25, 0.3) is 0 Å². The van der Waals surface area contributed by atoms with E-state index in [1.807, 2.05) is 5.32 Å². The van der Waals surface area contributed by atoms with Gasteiger partial charge >= 0.3 is 6.09 Å². The average molecular weight is 472 g/mol. The van der Waals surface area contributed by atoms with Crippen LogP contribution in [0, 0.1) is 0 Å². The molecule has 0 saturated carbocycles. The molecule has 1 aliphatic heterocycles. The van der Waals surface area contributed by atoms with Crippen molar-refractivity contribution >= 4 is 55.9 Å². The van der Waals surface area contributed by atoms with Gasteiger partial charge in [0.2, 0.25) is 15.9 Å². The van der Waals surface area contributed by atoms with E-state index in [1.165, 1.54) is 30.3 Å². The van der Waals surface area contributed by atoms with Crippen LogP contribution in [-0.2, 0) is 19.6 Å². The van der Waals surface area contributed by atoms with Gasteiger partial charge in [-0.05, 0) is 48.6 Å². The molecule has 2 heterocycles. The monoisotopic (exact) mass is 471 g/mol. The fourth-order valence-electron chi connectivity index (χ4n) is 3.02. The molecule has 1 unspecified atom stereocenters. The van der Waals surface area contributed by atoms with Gasteiger partial charge in [-0.1, -0.05) is 11.6 Å². The van der Waals surface area contributed by atoms with Crippen LogP contribution in [0.3, 0.4) is 0 Å². The fourth-order valence-corrected chi connectivity index (χ4v) is 5.59. The van der Waals surface area contributed by atoms with Gasteiger partial charge in [0.05, 0.1) is 17.6 Å². The highest BCUT2D eigenvalue weighted by Gasteiger charge is 2.39. The Morgan fingerprint density at radius 2 is 1.90 bits per heavy atom. The van der Waals surface area contributed by atoms with E-state index in [1.54, 1.807) is 5.38 Å². The number of rotatable bonds is 5. The Labute approximate surface area is 182 Å². The molecule has 2 aromatic rings. The average Bonchev–Trinajstić information content (AvgIpc) is 3.38. The number of hydrogen-bond acceptors (Lipinski definition) is 7. The summed E-state index contributed by atoms with van der Waals surface area (Å²) in [7, 11) is -2.78. The second-order valence-corrected chi connectivity index (χ2v) is 9.57. The lowest BCUT2D eigenvalue weighted by molar-refractivity contribution is -0.119. The van der Waals surface area contributed by atoms with Crippen molar-refractivity contribution in [1.82, 2.24) is 9.62 Å². The third-order valence-electron chi connectivity index (χ3n) is 4.47. The minimum absolute atomic E-state index is 0.0425. The topological polar surface area (TPSA) is 122 Å². The number of nitrogens with one attached hydrogen (secondary N) is 2. The molecule has 9 nitrogen and oxygen atoms in total.